The predicted molar refractivity (Wildman–Crippen MR) is 127 cm³/mol. The van der Waals surface area contributed by atoms with Crippen LogP contribution in [0.2, 0.25) is 5.02 Å². The maximum Gasteiger partial charge on any atom is 0.337 e. The molecule has 5 nitrogen and oxygen atoms in total. The van der Waals surface area contributed by atoms with Crippen molar-refractivity contribution in [3.05, 3.63) is 82.6 Å². The van der Waals surface area contributed by atoms with E-state index >= 15 is 0 Å². The normalized spacial score (nSPS) is 18.1. The first-order valence-electron chi connectivity index (χ1n) is 11.0. The SMILES string of the molecule is COC(=O)c1ccc2c(c1)CC[C@@H]1CN(Cc3cnccc3-c3ccc(Cl)cc3)CCN21. The highest BCUT2D eigenvalue weighted by Crippen LogP contribution is 2.34. The van der Waals surface area contributed by atoms with Crippen LogP contribution < -0.4 is 4.90 Å². The number of esters is 1. The van der Waals surface area contributed by atoms with E-state index in [-0.39, 0.29) is 5.97 Å². The number of anilines is 1. The minimum atomic E-state index is -0.271. The van der Waals surface area contributed by atoms with Crippen molar-refractivity contribution in [1.29, 1.82) is 0 Å². The zero-order valence-corrected chi connectivity index (χ0v) is 18.9. The highest BCUT2D eigenvalue weighted by Gasteiger charge is 2.32. The topological polar surface area (TPSA) is 45.7 Å². The number of carbonyl (C=O) groups excluding carboxylic acids is 1. The van der Waals surface area contributed by atoms with Crippen molar-refractivity contribution < 1.29 is 9.53 Å². The third-order valence-corrected chi connectivity index (χ3v) is 6.83. The molecule has 6 heteroatoms. The van der Waals surface area contributed by atoms with E-state index in [4.69, 9.17) is 16.3 Å². The van der Waals surface area contributed by atoms with Crippen molar-refractivity contribution in [2.24, 2.45) is 0 Å². The van der Waals surface area contributed by atoms with Crippen molar-refractivity contribution >= 4 is 23.3 Å². The molecule has 0 aliphatic carbocycles. The molecule has 3 heterocycles. The minimum Gasteiger partial charge on any atom is -0.465 e. The molecule has 5 rings (SSSR count). The Morgan fingerprint density at radius 3 is 2.81 bits per heavy atom. The summed E-state index contributed by atoms with van der Waals surface area (Å²) in [7, 11) is 1.43. The van der Waals surface area contributed by atoms with E-state index in [1.165, 1.54) is 35.1 Å². The van der Waals surface area contributed by atoms with E-state index in [0.717, 1.165) is 44.0 Å². The van der Waals surface area contributed by atoms with Gasteiger partial charge in [-0.3, -0.25) is 9.88 Å². The van der Waals surface area contributed by atoms with E-state index in [9.17, 15) is 4.79 Å². The maximum atomic E-state index is 11.9. The standard InChI is InChI=1S/C26H26ClN3O2/c1-32-26(31)20-5-9-25-19(14-20)4-8-23-17-29(12-13-30(23)25)16-21-15-28-11-10-24(21)18-2-6-22(27)7-3-18/h2-3,5-7,9-11,14-15,23H,4,8,12-13,16-17H2,1H3/t23-/m1/s1. The Morgan fingerprint density at radius 1 is 1.16 bits per heavy atom. The lowest BCUT2D eigenvalue weighted by Crippen LogP contribution is -2.54. The first kappa shape index (κ1) is 21.0. The number of aromatic nitrogens is 1. The van der Waals surface area contributed by atoms with Crippen LogP contribution >= 0.6 is 11.6 Å². The Kier molecular flexibility index (Phi) is 5.85. The molecule has 0 spiro atoms. The lowest BCUT2D eigenvalue weighted by molar-refractivity contribution is 0.0600. The molecule has 0 N–H and O–H groups in total. The Balaban J connectivity index is 1.32. The van der Waals surface area contributed by atoms with Gasteiger partial charge in [-0.05, 0) is 71.5 Å². The minimum absolute atomic E-state index is 0.271. The second-order valence-corrected chi connectivity index (χ2v) is 8.93. The molecule has 2 aliphatic rings. The van der Waals surface area contributed by atoms with Crippen molar-refractivity contribution in [3.63, 3.8) is 0 Å². The average molecular weight is 448 g/mol. The molecular formula is C26H26ClN3O2. The number of halogens is 1. The molecule has 1 fully saturated rings. The summed E-state index contributed by atoms with van der Waals surface area (Å²) in [5.74, 6) is -0.271. The van der Waals surface area contributed by atoms with Gasteiger partial charge in [0.05, 0.1) is 12.7 Å². The first-order chi connectivity index (χ1) is 15.6. The maximum absolute atomic E-state index is 11.9. The summed E-state index contributed by atoms with van der Waals surface area (Å²) in [6, 6.07) is 16.5. The van der Waals surface area contributed by atoms with Crippen LogP contribution in [0, 0.1) is 0 Å². The third-order valence-electron chi connectivity index (χ3n) is 6.58. The number of aryl methyl sites for hydroxylation is 1. The largest absolute Gasteiger partial charge is 0.465 e. The summed E-state index contributed by atoms with van der Waals surface area (Å²) in [6.07, 6.45) is 5.91. The fourth-order valence-corrected chi connectivity index (χ4v) is 5.09. The molecule has 32 heavy (non-hydrogen) atoms. The van der Waals surface area contributed by atoms with Gasteiger partial charge in [-0.25, -0.2) is 4.79 Å². The second-order valence-electron chi connectivity index (χ2n) is 8.50. The van der Waals surface area contributed by atoms with Gasteiger partial charge >= 0.3 is 5.97 Å². The number of rotatable bonds is 4. The summed E-state index contributed by atoms with van der Waals surface area (Å²) in [4.78, 5) is 21.3. The molecule has 1 atom stereocenters. The zero-order chi connectivity index (χ0) is 22.1. The Bertz CT molecular complexity index is 1130. The van der Waals surface area contributed by atoms with Gasteiger partial charge in [-0.1, -0.05) is 23.7 Å². The molecule has 0 amide bonds. The summed E-state index contributed by atoms with van der Waals surface area (Å²) in [5.41, 5.74) is 6.75. The molecule has 0 saturated carbocycles. The summed E-state index contributed by atoms with van der Waals surface area (Å²) < 4.78 is 4.88. The number of methoxy groups -OCH3 is 1. The highest BCUT2D eigenvalue weighted by molar-refractivity contribution is 6.30. The smallest absolute Gasteiger partial charge is 0.337 e. The number of hydrogen-bond acceptors (Lipinski definition) is 5. The molecule has 2 aromatic carbocycles. The van der Waals surface area contributed by atoms with Gasteiger partial charge in [0.2, 0.25) is 0 Å². The third kappa shape index (κ3) is 4.10. The van der Waals surface area contributed by atoms with Crippen molar-refractivity contribution in [2.75, 3.05) is 31.6 Å². The fraction of sp³-hybridized carbons (Fsp3) is 0.308. The molecule has 0 unspecified atom stereocenters. The number of carbonyl (C=O) groups is 1. The number of fused-ring (bicyclic) bond motifs is 3. The van der Waals surface area contributed by atoms with E-state index in [1.807, 2.05) is 36.7 Å². The first-order valence-corrected chi connectivity index (χ1v) is 11.4. The van der Waals surface area contributed by atoms with Gasteiger partial charge in [0.1, 0.15) is 0 Å². The summed E-state index contributed by atoms with van der Waals surface area (Å²) in [5, 5.41) is 0.747. The molecule has 3 aromatic rings. The monoisotopic (exact) mass is 447 g/mol. The number of nitrogens with zero attached hydrogens (tertiary/aromatic N) is 3. The van der Waals surface area contributed by atoms with Crippen LogP contribution in [0.4, 0.5) is 5.69 Å². The van der Waals surface area contributed by atoms with Crippen LogP contribution in [0.15, 0.2) is 60.9 Å². The van der Waals surface area contributed by atoms with Gasteiger partial charge in [0, 0.05) is 55.3 Å². The van der Waals surface area contributed by atoms with Crippen molar-refractivity contribution in [1.82, 2.24) is 9.88 Å². The second kappa shape index (κ2) is 8.93. The molecule has 1 aromatic heterocycles. The van der Waals surface area contributed by atoms with Crippen LogP contribution in [0.1, 0.15) is 27.9 Å². The highest BCUT2D eigenvalue weighted by atomic mass is 35.5. The number of pyridine rings is 1. The molecule has 0 radical (unpaired) electrons. The van der Waals surface area contributed by atoms with Gasteiger partial charge in [0.15, 0.2) is 0 Å². The van der Waals surface area contributed by atoms with Gasteiger partial charge in [0.25, 0.3) is 0 Å². The number of ether oxygens (including phenoxy) is 1. The van der Waals surface area contributed by atoms with Crippen LogP contribution in [-0.4, -0.2) is 48.6 Å². The van der Waals surface area contributed by atoms with Crippen molar-refractivity contribution in [3.8, 4) is 11.1 Å². The van der Waals surface area contributed by atoms with Crippen LogP contribution in [0.25, 0.3) is 11.1 Å². The molecule has 0 bridgehead atoms. The summed E-state index contributed by atoms with van der Waals surface area (Å²) >= 11 is 6.08. The Morgan fingerprint density at radius 2 is 2.00 bits per heavy atom. The van der Waals surface area contributed by atoms with E-state index in [2.05, 4.69) is 39.0 Å². The Hall–Kier alpha value is -2.89. The van der Waals surface area contributed by atoms with Crippen LogP contribution in [0.5, 0.6) is 0 Å². The fourth-order valence-electron chi connectivity index (χ4n) is 4.97. The number of benzene rings is 2. The predicted octanol–water partition coefficient (Wildman–Crippen LogP) is 4.83. The molecule has 164 valence electrons. The molecule has 2 aliphatic heterocycles. The number of piperazine rings is 1. The van der Waals surface area contributed by atoms with E-state index in [1.54, 1.807) is 0 Å². The van der Waals surface area contributed by atoms with Crippen LogP contribution in [0.3, 0.4) is 0 Å². The lowest BCUT2D eigenvalue weighted by Gasteiger charge is -2.46. The van der Waals surface area contributed by atoms with E-state index in [0.29, 0.717) is 11.6 Å². The molecule has 1 saturated heterocycles. The number of hydrogen-bond donors (Lipinski definition) is 0. The van der Waals surface area contributed by atoms with Crippen LogP contribution in [-0.2, 0) is 17.7 Å². The zero-order valence-electron chi connectivity index (χ0n) is 18.1. The van der Waals surface area contributed by atoms with Crippen molar-refractivity contribution in [2.45, 2.75) is 25.4 Å². The summed E-state index contributed by atoms with van der Waals surface area (Å²) in [6.45, 7) is 3.87. The average Bonchev–Trinajstić information content (AvgIpc) is 2.84. The Labute approximate surface area is 193 Å². The van der Waals surface area contributed by atoms with Gasteiger partial charge in [-0.15, -0.1) is 0 Å². The van der Waals surface area contributed by atoms with E-state index < -0.39 is 0 Å². The lowest BCUT2D eigenvalue weighted by atomic mass is 9.92. The van der Waals surface area contributed by atoms with Gasteiger partial charge < -0.3 is 9.64 Å². The van der Waals surface area contributed by atoms with Gasteiger partial charge in [-0.2, -0.15) is 0 Å². The molecular weight excluding hydrogens is 422 g/mol. The quantitative estimate of drug-likeness (QED) is 0.536.